The van der Waals surface area contributed by atoms with Crippen molar-refractivity contribution in [3.63, 3.8) is 0 Å². The average Bonchev–Trinajstić information content (AvgIpc) is 3.21. The fraction of sp³-hybridized carbons (Fsp3) is 0.391. The van der Waals surface area contributed by atoms with Gasteiger partial charge in [0, 0.05) is 6.42 Å². The second-order valence-corrected chi connectivity index (χ2v) is 7.39. The molecule has 1 aliphatic carbocycles. The highest BCUT2D eigenvalue weighted by Gasteiger charge is 2.18. The molecule has 1 atom stereocenters. The Morgan fingerprint density at radius 1 is 1.00 bits per heavy atom. The SMILES string of the molecule is CC(NC(=O)c1ccccc1NC(=O)CCC1CCCC1)c1ccccc1. The maximum absolute atomic E-state index is 12.7. The smallest absolute Gasteiger partial charge is 0.253 e. The second kappa shape index (κ2) is 9.36. The normalized spacial score (nSPS) is 15.3. The van der Waals surface area contributed by atoms with E-state index < -0.39 is 0 Å². The van der Waals surface area contributed by atoms with E-state index in [9.17, 15) is 9.59 Å². The summed E-state index contributed by atoms with van der Waals surface area (Å²) in [5.74, 6) is 0.484. The quantitative estimate of drug-likeness (QED) is 0.719. The first-order valence-corrected chi connectivity index (χ1v) is 9.88. The third-order valence-corrected chi connectivity index (χ3v) is 5.35. The van der Waals surface area contributed by atoms with Crippen LogP contribution in [0.15, 0.2) is 54.6 Å². The number of hydrogen-bond acceptors (Lipinski definition) is 2. The van der Waals surface area contributed by atoms with E-state index in [1.807, 2.05) is 49.4 Å². The number of carbonyl (C=O) groups excluding carboxylic acids is 2. The van der Waals surface area contributed by atoms with Crippen molar-refractivity contribution in [2.75, 3.05) is 5.32 Å². The van der Waals surface area contributed by atoms with Crippen molar-refractivity contribution in [1.29, 1.82) is 0 Å². The highest BCUT2D eigenvalue weighted by atomic mass is 16.2. The average molecular weight is 364 g/mol. The topological polar surface area (TPSA) is 58.2 Å². The van der Waals surface area contributed by atoms with Crippen LogP contribution in [0.4, 0.5) is 5.69 Å². The van der Waals surface area contributed by atoms with Crippen LogP contribution in [0.1, 0.15) is 67.4 Å². The minimum atomic E-state index is -0.182. The molecule has 2 aromatic carbocycles. The van der Waals surface area contributed by atoms with Crippen molar-refractivity contribution in [3.05, 3.63) is 65.7 Å². The van der Waals surface area contributed by atoms with Crippen LogP contribution in [0.2, 0.25) is 0 Å². The van der Waals surface area contributed by atoms with Crippen LogP contribution in [-0.2, 0) is 4.79 Å². The van der Waals surface area contributed by atoms with E-state index in [1.165, 1.54) is 25.7 Å². The Kier molecular flexibility index (Phi) is 6.64. The van der Waals surface area contributed by atoms with Crippen molar-refractivity contribution in [1.82, 2.24) is 5.32 Å². The van der Waals surface area contributed by atoms with Crippen LogP contribution in [0, 0.1) is 5.92 Å². The first-order chi connectivity index (χ1) is 13.1. The van der Waals surface area contributed by atoms with Crippen LogP contribution in [-0.4, -0.2) is 11.8 Å². The van der Waals surface area contributed by atoms with Crippen molar-refractivity contribution < 1.29 is 9.59 Å². The van der Waals surface area contributed by atoms with Gasteiger partial charge in [0.1, 0.15) is 0 Å². The van der Waals surface area contributed by atoms with E-state index >= 15 is 0 Å². The molecular formula is C23H28N2O2. The minimum absolute atomic E-state index is 0.0155. The fourth-order valence-corrected chi connectivity index (χ4v) is 3.74. The van der Waals surface area contributed by atoms with Gasteiger partial charge in [-0.3, -0.25) is 9.59 Å². The Balaban J connectivity index is 1.60. The molecule has 0 radical (unpaired) electrons. The summed E-state index contributed by atoms with van der Waals surface area (Å²) < 4.78 is 0. The highest BCUT2D eigenvalue weighted by molar-refractivity contribution is 6.03. The Labute approximate surface area is 161 Å². The van der Waals surface area contributed by atoms with E-state index in [0.29, 0.717) is 23.6 Å². The number of amides is 2. The predicted molar refractivity (Wildman–Crippen MR) is 109 cm³/mol. The minimum Gasteiger partial charge on any atom is -0.345 e. The van der Waals surface area contributed by atoms with E-state index in [1.54, 1.807) is 12.1 Å². The molecule has 0 saturated heterocycles. The predicted octanol–water partition coefficient (Wildman–Crippen LogP) is 5.09. The van der Waals surface area contributed by atoms with Crippen LogP contribution in [0.3, 0.4) is 0 Å². The van der Waals surface area contributed by atoms with Gasteiger partial charge in [-0.2, -0.15) is 0 Å². The number of anilines is 1. The largest absolute Gasteiger partial charge is 0.345 e. The van der Waals surface area contributed by atoms with Crippen molar-refractivity contribution in [2.45, 2.75) is 51.5 Å². The molecule has 0 heterocycles. The molecule has 0 aliphatic heterocycles. The van der Waals surface area contributed by atoms with Crippen LogP contribution < -0.4 is 10.6 Å². The standard InChI is InChI=1S/C23H28N2O2/c1-17(19-11-3-2-4-12-19)24-23(27)20-13-7-8-14-21(20)25-22(26)16-15-18-9-5-6-10-18/h2-4,7-8,11-14,17-18H,5-6,9-10,15-16H2,1H3,(H,24,27)(H,25,26). The maximum atomic E-state index is 12.7. The molecule has 142 valence electrons. The molecule has 2 amide bonds. The molecular weight excluding hydrogens is 336 g/mol. The fourth-order valence-electron chi connectivity index (χ4n) is 3.74. The molecule has 4 heteroatoms. The van der Waals surface area contributed by atoms with Crippen molar-refractivity contribution in [2.24, 2.45) is 5.92 Å². The lowest BCUT2D eigenvalue weighted by molar-refractivity contribution is -0.116. The van der Waals surface area contributed by atoms with Gasteiger partial charge in [0.2, 0.25) is 5.91 Å². The molecule has 1 unspecified atom stereocenters. The van der Waals surface area contributed by atoms with Gasteiger partial charge in [0.15, 0.2) is 0 Å². The Morgan fingerprint density at radius 3 is 2.41 bits per heavy atom. The zero-order valence-electron chi connectivity index (χ0n) is 15.9. The summed E-state index contributed by atoms with van der Waals surface area (Å²) in [5.41, 5.74) is 2.12. The number of benzene rings is 2. The monoisotopic (exact) mass is 364 g/mol. The summed E-state index contributed by atoms with van der Waals surface area (Å²) >= 11 is 0. The first kappa shape index (κ1) is 19.2. The Bertz CT molecular complexity index is 767. The summed E-state index contributed by atoms with van der Waals surface area (Å²) in [6.07, 6.45) is 6.50. The summed E-state index contributed by atoms with van der Waals surface area (Å²) in [5, 5.41) is 5.94. The Hall–Kier alpha value is -2.62. The van der Waals surface area contributed by atoms with Gasteiger partial charge < -0.3 is 10.6 Å². The van der Waals surface area contributed by atoms with Gasteiger partial charge >= 0.3 is 0 Å². The van der Waals surface area contributed by atoms with Crippen LogP contribution in [0.25, 0.3) is 0 Å². The van der Waals surface area contributed by atoms with E-state index in [4.69, 9.17) is 0 Å². The molecule has 2 N–H and O–H groups in total. The van der Waals surface area contributed by atoms with Gasteiger partial charge in [-0.1, -0.05) is 68.1 Å². The summed E-state index contributed by atoms with van der Waals surface area (Å²) in [6.45, 7) is 1.95. The van der Waals surface area contributed by atoms with Crippen LogP contribution >= 0.6 is 0 Å². The molecule has 1 saturated carbocycles. The molecule has 3 rings (SSSR count). The van der Waals surface area contributed by atoms with Gasteiger partial charge in [-0.05, 0) is 37.0 Å². The summed E-state index contributed by atoms with van der Waals surface area (Å²) in [4.78, 5) is 25.1. The lowest BCUT2D eigenvalue weighted by Gasteiger charge is -2.16. The zero-order valence-corrected chi connectivity index (χ0v) is 15.9. The highest BCUT2D eigenvalue weighted by Crippen LogP contribution is 2.28. The number of hydrogen-bond donors (Lipinski definition) is 2. The third-order valence-electron chi connectivity index (χ3n) is 5.35. The Morgan fingerprint density at radius 2 is 1.67 bits per heavy atom. The van der Waals surface area contributed by atoms with Crippen molar-refractivity contribution >= 4 is 17.5 Å². The second-order valence-electron chi connectivity index (χ2n) is 7.39. The lowest BCUT2D eigenvalue weighted by Crippen LogP contribution is -2.28. The molecule has 0 spiro atoms. The maximum Gasteiger partial charge on any atom is 0.253 e. The van der Waals surface area contributed by atoms with Gasteiger partial charge in [-0.15, -0.1) is 0 Å². The summed E-state index contributed by atoms with van der Waals surface area (Å²) in [6, 6.07) is 16.9. The van der Waals surface area contributed by atoms with Crippen molar-refractivity contribution in [3.8, 4) is 0 Å². The molecule has 1 aliphatic rings. The number of para-hydroxylation sites is 1. The number of carbonyl (C=O) groups is 2. The van der Waals surface area contributed by atoms with E-state index in [0.717, 1.165) is 12.0 Å². The third kappa shape index (κ3) is 5.43. The van der Waals surface area contributed by atoms with Gasteiger partial charge in [0.25, 0.3) is 5.91 Å². The molecule has 27 heavy (non-hydrogen) atoms. The number of nitrogens with one attached hydrogen (secondary N) is 2. The summed E-state index contributed by atoms with van der Waals surface area (Å²) in [7, 11) is 0. The number of rotatable bonds is 7. The van der Waals surface area contributed by atoms with Crippen LogP contribution in [0.5, 0.6) is 0 Å². The zero-order chi connectivity index (χ0) is 19.1. The van der Waals surface area contributed by atoms with E-state index in [2.05, 4.69) is 10.6 Å². The molecule has 0 aromatic heterocycles. The molecule has 4 nitrogen and oxygen atoms in total. The molecule has 0 bridgehead atoms. The lowest BCUT2D eigenvalue weighted by atomic mass is 10.0. The first-order valence-electron chi connectivity index (χ1n) is 9.88. The van der Waals surface area contributed by atoms with Gasteiger partial charge in [0.05, 0.1) is 17.3 Å². The molecule has 1 fully saturated rings. The van der Waals surface area contributed by atoms with E-state index in [-0.39, 0.29) is 17.9 Å². The molecule has 2 aromatic rings. The van der Waals surface area contributed by atoms with Gasteiger partial charge in [-0.25, -0.2) is 0 Å².